The standard InChI is InChI=1S/C16H20N4O3/c1-11-8-12(2)20(19-11)10-15(21)18-17-9-13-6-5-7-14(22-3)16(13)23-4/h5-9H,10H2,1-4H3,(H,18,21)/b17-9+. The third-order valence-corrected chi connectivity index (χ3v) is 3.22. The van der Waals surface area contributed by atoms with Crippen molar-refractivity contribution in [2.75, 3.05) is 14.2 Å². The van der Waals surface area contributed by atoms with Gasteiger partial charge in [-0.2, -0.15) is 10.2 Å². The van der Waals surface area contributed by atoms with Gasteiger partial charge in [0.2, 0.25) is 0 Å². The van der Waals surface area contributed by atoms with Crippen molar-refractivity contribution >= 4 is 12.1 Å². The summed E-state index contributed by atoms with van der Waals surface area (Å²) in [6, 6.07) is 7.34. The molecule has 7 heteroatoms. The number of carbonyl (C=O) groups excluding carboxylic acids is 1. The van der Waals surface area contributed by atoms with E-state index in [1.807, 2.05) is 32.0 Å². The van der Waals surface area contributed by atoms with E-state index in [4.69, 9.17) is 9.47 Å². The summed E-state index contributed by atoms with van der Waals surface area (Å²) in [6.07, 6.45) is 1.51. The Balaban J connectivity index is 2.01. The van der Waals surface area contributed by atoms with Crippen LogP contribution in [0.4, 0.5) is 0 Å². The second-order valence-corrected chi connectivity index (χ2v) is 4.96. The highest BCUT2D eigenvalue weighted by Gasteiger charge is 2.08. The average Bonchev–Trinajstić information content (AvgIpc) is 2.84. The molecular weight excluding hydrogens is 296 g/mol. The molecule has 0 saturated carbocycles. The van der Waals surface area contributed by atoms with Gasteiger partial charge >= 0.3 is 0 Å². The predicted octanol–water partition coefficient (Wildman–Crippen LogP) is 1.67. The molecule has 0 bridgehead atoms. The van der Waals surface area contributed by atoms with E-state index in [0.29, 0.717) is 17.1 Å². The molecule has 0 aliphatic heterocycles. The van der Waals surface area contributed by atoms with Crippen LogP contribution in [0.15, 0.2) is 29.4 Å². The number of para-hydroxylation sites is 1. The molecule has 1 N–H and O–H groups in total. The fourth-order valence-electron chi connectivity index (χ4n) is 2.19. The molecular formula is C16H20N4O3. The molecule has 1 heterocycles. The van der Waals surface area contributed by atoms with Crippen LogP contribution in [-0.2, 0) is 11.3 Å². The number of hydrogen-bond donors (Lipinski definition) is 1. The zero-order chi connectivity index (χ0) is 16.8. The molecule has 2 rings (SSSR count). The second kappa shape index (κ2) is 7.44. The molecule has 0 saturated heterocycles. The van der Waals surface area contributed by atoms with E-state index >= 15 is 0 Å². The first kappa shape index (κ1) is 16.5. The van der Waals surface area contributed by atoms with Crippen LogP contribution in [-0.4, -0.2) is 36.1 Å². The lowest BCUT2D eigenvalue weighted by molar-refractivity contribution is -0.121. The highest BCUT2D eigenvalue weighted by atomic mass is 16.5. The Hall–Kier alpha value is -2.83. The largest absolute Gasteiger partial charge is 0.493 e. The number of rotatable bonds is 6. The van der Waals surface area contributed by atoms with E-state index in [0.717, 1.165) is 11.4 Å². The van der Waals surface area contributed by atoms with Crippen LogP contribution in [0, 0.1) is 13.8 Å². The van der Waals surface area contributed by atoms with Gasteiger partial charge in [0.25, 0.3) is 5.91 Å². The summed E-state index contributed by atoms with van der Waals surface area (Å²) in [4.78, 5) is 11.9. The molecule has 1 aromatic heterocycles. The number of carbonyl (C=O) groups is 1. The summed E-state index contributed by atoms with van der Waals surface area (Å²) in [5, 5.41) is 8.19. The Bertz CT molecular complexity index is 722. The fourth-order valence-corrected chi connectivity index (χ4v) is 2.19. The number of amides is 1. The van der Waals surface area contributed by atoms with E-state index in [2.05, 4.69) is 15.6 Å². The zero-order valence-electron chi connectivity index (χ0n) is 13.7. The molecule has 122 valence electrons. The smallest absolute Gasteiger partial charge is 0.261 e. The van der Waals surface area contributed by atoms with E-state index in [-0.39, 0.29) is 12.5 Å². The number of hydrogen-bond acceptors (Lipinski definition) is 5. The molecule has 1 aromatic carbocycles. The number of aromatic nitrogens is 2. The lowest BCUT2D eigenvalue weighted by Crippen LogP contribution is -2.24. The van der Waals surface area contributed by atoms with Gasteiger partial charge < -0.3 is 9.47 Å². The van der Waals surface area contributed by atoms with Crippen molar-refractivity contribution in [3.05, 3.63) is 41.2 Å². The van der Waals surface area contributed by atoms with Crippen molar-refractivity contribution in [3.63, 3.8) is 0 Å². The predicted molar refractivity (Wildman–Crippen MR) is 87.0 cm³/mol. The maximum atomic E-state index is 11.9. The Kier molecular flexibility index (Phi) is 5.35. The van der Waals surface area contributed by atoms with Gasteiger partial charge in [-0.05, 0) is 32.0 Å². The number of nitrogens with one attached hydrogen (secondary N) is 1. The number of methoxy groups -OCH3 is 2. The molecule has 0 aliphatic carbocycles. The van der Waals surface area contributed by atoms with Crippen molar-refractivity contribution in [2.45, 2.75) is 20.4 Å². The Morgan fingerprint density at radius 1 is 1.35 bits per heavy atom. The summed E-state index contributed by atoms with van der Waals surface area (Å²) in [7, 11) is 3.12. The molecule has 0 aliphatic rings. The first-order valence-corrected chi connectivity index (χ1v) is 7.09. The molecule has 2 aromatic rings. The summed E-state index contributed by atoms with van der Waals surface area (Å²) in [6.45, 7) is 3.90. The van der Waals surface area contributed by atoms with Crippen LogP contribution in [0.5, 0.6) is 11.5 Å². The van der Waals surface area contributed by atoms with Gasteiger partial charge in [0, 0.05) is 11.3 Å². The van der Waals surface area contributed by atoms with Crippen LogP contribution in [0.3, 0.4) is 0 Å². The van der Waals surface area contributed by atoms with Crippen LogP contribution in [0.2, 0.25) is 0 Å². The van der Waals surface area contributed by atoms with Crippen molar-refractivity contribution in [1.82, 2.24) is 15.2 Å². The Morgan fingerprint density at radius 2 is 2.13 bits per heavy atom. The molecule has 0 atom stereocenters. The van der Waals surface area contributed by atoms with E-state index < -0.39 is 0 Å². The van der Waals surface area contributed by atoms with Gasteiger partial charge in [-0.1, -0.05) is 6.07 Å². The summed E-state index contributed by atoms with van der Waals surface area (Å²) >= 11 is 0. The summed E-state index contributed by atoms with van der Waals surface area (Å²) in [5.41, 5.74) is 4.99. The minimum absolute atomic E-state index is 0.117. The summed E-state index contributed by atoms with van der Waals surface area (Å²) < 4.78 is 12.1. The molecule has 0 unspecified atom stereocenters. The number of nitrogens with zero attached hydrogens (tertiary/aromatic N) is 3. The van der Waals surface area contributed by atoms with Crippen molar-refractivity contribution in [3.8, 4) is 11.5 Å². The molecule has 0 spiro atoms. The fraction of sp³-hybridized carbons (Fsp3) is 0.312. The van der Waals surface area contributed by atoms with Crippen LogP contribution in [0.25, 0.3) is 0 Å². The topological polar surface area (TPSA) is 77.7 Å². The van der Waals surface area contributed by atoms with E-state index in [1.165, 1.54) is 6.21 Å². The quantitative estimate of drug-likeness (QED) is 0.649. The maximum Gasteiger partial charge on any atom is 0.261 e. The Labute approximate surface area is 134 Å². The third kappa shape index (κ3) is 4.09. The van der Waals surface area contributed by atoms with Crippen LogP contribution in [0.1, 0.15) is 17.0 Å². The minimum atomic E-state index is -0.255. The Morgan fingerprint density at radius 3 is 2.74 bits per heavy atom. The van der Waals surface area contributed by atoms with E-state index in [9.17, 15) is 4.79 Å². The minimum Gasteiger partial charge on any atom is -0.493 e. The van der Waals surface area contributed by atoms with Gasteiger partial charge in [0.05, 0.1) is 26.1 Å². The van der Waals surface area contributed by atoms with Crippen LogP contribution >= 0.6 is 0 Å². The van der Waals surface area contributed by atoms with Gasteiger partial charge in [0.15, 0.2) is 11.5 Å². The number of benzene rings is 1. The highest BCUT2D eigenvalue weighted by molar-refractivity contribution is 5.86. The summed E-state index contributed by atoms with van der Waals surface area (Å²) in [5.74, 6) is 0.909. The number of aryl methyl sites for hydroxylation is 2. The zero-order valence-corrected chi connectivity index (χ0v) is 13.7. The molecule has 23 heavy (non-hydrogen) atoms. The van der Waals surface area contributed by atoms with Crippen molar-refractivity contribution < 1.29 is 14.3 Å². The highest BCUT2D eigenvalue weighted by Crippen LogP contribution is 2.29. The third-order valence-electron chi connectivity index (χ3n) is 3.22. The van der Waals surface area contributed by atoms with Crippen LogP contribution < -0.4 is 14.9 Å². The van der Waals surface area contributed by atoms with Gasteiger partial charge in [-0.3, -0.25) is 9.48 Å². The normalized spacial score (nSPS) is 10.8. The average molecular weight is 316 g/mol. The lowest BCUT2D eigenvalue weighted by Gasteiger charge is -2.09. The molecule has 0 radical (unpaired) electrons. The van der Waals surface area contributed by atoms with Gasteiger partial charge in [0.1, 0.15) is 6.54 Å². The lowest BCUT2D eigenvalue weighted by atomic mass is 10.2. The monoisotopic (exact) mass is 316 g/mol. The first-order valence-electron chi connectivity index (χ1n) is 7.09. The number of hydrazone groups is 1. The molecule has 0 fully saturated rings. The molecule has 7 nitrogen and oxygen atoms in total. The van der Waals surface area contributed by atoms with Crippen molar-refractivity contribution in [2.24, 2.45) is 5.10 Å². The maximum absolute atomic E-state index is 11.9. The molecule has 1 amide bonds. The van der Waals surface area contributed by atoms with E-state index in [1.54, 1.807) is 25.0 Å². The van der Waals surface area contributed by atoms with Crippen molar-refractivity contribution in [1.29, 1.82) is 0 Å². The number of ether oxygens (including phenoxy) is 2. The van der Waals surface area contributed by atoms with Gasteiger partial charge in [-0.15, -0.1) is 0 Å². The second-order valence-electron chi connectivity index (χ2n) is 4.96. The SMILES string of the molecule is COc1cccc(/C=N/NC(=O)Cn2nc(C)cc2C)c1OC. The van der Waals surface area contributed by atoms with Gasteiger partial charge in [-0.25, -0.2) is 5.43 Å². The first-order chi connectivity index (χ1) is 11.0.